The van der Waals surface area contributed by atoms with Crippen LogP contribution < -0.4 is 4.90 Å². The van der Waals surface area contributed by atoms with E-state index in [1.54, 1.807) is 41.3 Å². The molecule has 3 aliphatic rings. The van der Waals surface area contributed by atoms with Crippen LogP contribution >= 0.6 is 0 Å². The number of carbonyl (C=O) groups excluding carboxylic acids is 3. The molecule has 1 atom stereocenters. The molecule has 1 fully saturated rings. The highest BCUT2D eigenvalue weighted by molar-refractivity contribution is 6.22. The number of fused-ring (bicyclic) bond motifs is 1. The number of aromatic hydroxyl groups is 1. The fourth-order valence-corrected chi connectivity index (χ4v) is 3.59. The molecule has 2 heterocycles. The summed E-state index contributed by atoms with van der Waals surface area (Å²) in [6.07, 6.45) is 6.77. The van der Waals surface area contributed by atoms with Crippen molar-refractivity contribution in [1.82, 2.24) is 9.80 Å². The lowest BCUT2D eigenvalue weighted by Gasteiger charge is -2.37. The van der Waals surface area contributed by atoms with Gasteiger partial charge in [-0.2, -0.15) is 4.99 Å². The second-order valence-corrected chi connectivity index (χ2v) is 6.82. The third kappa shape index (κ3) is 3.28. The number of piperazine rings is 1. The van der Waals surface area contributed by atoms with Crippen LogP contribution in [0.4, 0.5) is 10.5 Å². The van der Waals surface area contributed by atoms with Crippen molar-refractivity contribution in [2.75, 3.05) is 37.6 Å². The SMILES string of the molecule is O=C(CN1C(=O)N=C2C=CC=CC2C1=O)N1CCN(c2ccccc2O)CC1. The van der Waals surface area contributed by atoms with Gasteiger partial charge in [-0.25, -0.2) is 4.79 Å². The Hall–Kier alpha value is -3.42. The number of urea groups is 1. The molecule has 1 aromatic rings. The van der Waals surface area contributed by atoms with E-state index in [0.29, 0.717) is 31.9 Å². The zero-order valence-electron chi connectivity index (χ0n) is 15.2. The zero-order chi connectivity index (χ0) is 19.7. The van der Waals surface area contributed by atoms with E-state index in [0.717, 1.165) is 10.6 Å². The largest absolute Gasteiger partial charge is 0.506 e. The fraction of sp³-hybridized carbons (Fsp3) is 0.300. The minimum atomic E-state index is -0.697. The van der Waals surface area contributed by atoms with Crippen LogP contribution in [0.15, 0.2) is 53.6 Å². The van der Waals surface area contributed by atoms with Crippen molar-refractivity contribution in [1.29, 1.82) is 0 Å². The summed E-state index contributed by atoms with van der Waals surface area (Å²) in [5.41, 5.74) is 1.15. The average molecular weight is 380 g/mol. The Bertz CT molecular complexity index is 913. The van der Waals surface area contributed by atoms with Crippen molar-refractivity contribution in [2.45, 2.75) is 0 Å². The first-order valence-electron chi connectivity index (χ1n) is 9.14. The quantitative estimate of drug-likeness (QED) is 0.850. The molecule has 28 heavy (non-hydrogen) atoms. The average Bonchev–Trinajstić information content (AvgIpc) is 2.71. The minimum Gasteiger partial charge on any atom is -0.506 e. The number of amides is 4. The number of hydrogen-bond acceptors (Lipinski definition) is 5. The van der Waals surface area contributed by atoms with E-state index in [2.05, 4.69) is 4.99 Å². The molecule has 0 spiro atoms. The summed E-state index contributed by atoms with van der Waals surface area (Å²) in [5, 5.41) is 9.98. The topological polar surface area (TPSA) is 93.5 Å². The lowest BCUT2D eigenvalue weighted by atomic mass is 9.95. The first-order valence-corrected chi connectivity index (χ1v) is 9.14. The number of carbonyl (C=O) groups is 3. The normalized spacial score (nSPS) is 21.6. The summed E-state index contributed by atoms with van der Waals surface area (Å²) in [6.45, 7) is 1.71. The first kappa shape index (κ1) is 18.0. The standard InChI is InChI=1S/C20H20N4O4/c25-17-8-4-3-7-16(17)22-9-11-23(12-10-22)18(26)13-24-19(27)14-5-1-2-6-15(14)21-20(24)28/h1-8,14,25H,9-13H2. The number of imide groups is 1. The molecule has 0 radical (unpaired) electrons. The van der Waals surface area contributed by atoms with Gasteiger partial charge in [0.1, 0.15) is 12.3 Å². The molecule has 1 aliphatic carbocycles. The molecule has 4 rings (SSSR count). The van der Waals surface area contributed by atoms with Crippen LogP contribution in [-0.2, 0) is 9.59 Å². The van der Waals surface area contributed by atoms with Gasteiger partial charge in [-0.05, 0) is 18.2 Å². The van der Waals surface area contributed by atoms with Crippen LogP contribution in [0.2, 0.25) is 0 Å². The number of anilines is 1. The Morgan fingerprint density at radius 1 is 1.11 bits per heavy atom. The van der Waals surface area contributed by atoms with Crippen LogP contribution in [0, 0.1) is 5.92 Å². The molecule has 1 aromatic carbocycles. The van der Waals surface area contributed by atoms with Gasteiger partial charge in [-0.1, -0.05) is 30.4 Å². The van der Waals surface area contributed by atoms with E-state index in [9.17, 15) is 19.5 Å². The number of para-hydroxylation sites is 2. The van der Waals surface area contributed by atoms with Crippen LogP contribution in [0.1, 0.15) is 0 Å². The Morgan fingerprint density at radius 2 is 1.86 bits per heavy atom. The monoisotopic (exact) mass is 380 g/mol. The van der Waals surface area contributed by atoms with Crippen LogP contribution in [0.3, 0.4) is 0 Å². The molecule has 4 amide bonds. The van der Waals surface area contributed by atoms with Gasteiger partial charge in [-0.15, -0.1) is 0 Å². The second kappa shape index (κ2) is 7.30. The second-order valence-electron chi connectivity index (χ2n) is 6.82. The van der Waals surface area contributed by atoms with E-state index >= 15 is 0 Å². The Morgan fingerprint density at radius 3 is 2.61 bits per heavy atom. The van der Waals surface area contributed by atoms with Gasteiger partial charge in [-0.3, -0.25) is 14.5 Å². The van der Waals surface area contributed by atoms with E-state index in [4.69, 9.17) is 0 Å². The summed E-state index contributed by atoms with van der Waals surface area (Å²) in [4.78, 5) is 46.0. The minimum absolute atomic E-state index is 0.204. The van der Waals surface area contributed by atoms with Gasteiger partial charge in [0, 0.05) is 26.2 Å². The molecular formula is C20H20N4O4. The number of rotatable bonds is 3. The molecule has 8 heteroatoms. The van der Waals surface area contributed by atoms with Crippen molar-refractivity contribution in [2.24, 2.45) is 10.9 Å². The summed E-state index contributed by atoms with van der Waals surface area (Å²) < 4.78 is 0. The molecule has 8 nitrogen and oxygen atoms in total. The van der Waals surface area contributed by atoms with E-state index < -0.39 is 17.9 Å². The van der Waals surface area contributed by atoms with Crippen LogP contribution in [0.5, 0.6) is 5.75 Å². The maximum Gasteiger partial charge on any atom is 0.351 e. The maximum absolute atomic E-state index is 12.7. The molecule has 0 saturated carbocycles. The number of aliphatic imine (C=N–C) groups is 1. The Balaban J connectivity index is 1.39. The number of benzene rings is 1. The van der Waals surface area contributed by atoms with E-state index in [1.165, 1.54) is 0 Å². The van der Waals surface area contributed by atoms with Crippen LogP contribution in [-0.4, -0.2) is 71.2 Å². The summed E-state index contributed by atoms with van der Waals surface area (Å²) in [6, 6.07) is 6.38. The van der Waals surface area contributed by atoms with Gasteiger partial charge >= 0.3 is 6.03 Å². The van der Waals surface area contributed by atoms with Gasteiger partial charge in [0.05, 0.1) is 17.3 Å². The molecule has 2 aliphatic heterocycles. The lowest BCUT2D eigenvalue weighted by Crippen LogP contribution is -2.54. The lowest BCUT2D eigenvalue weighted by molar-refractivity contribution is -0.138. The van der Waals surface area contributed by atoms with Crippen molar-refractivity contribution in [3.05, 3.63) is 48.6 Å². The zero-order valence-corrected chi connectivity index (χ0v) is 15.2. The smallest absolute Gasteiger partial charge is 0.351 e. The van der Waals surface area contributed by atoms with Crippen molar-refractivity contribution in [3.63, 3.8) is 0 Å². The van der Waals surface area contributed by atoms with Gasteiger partial charge in [0.2, 0.25) is 11.8 Å². The summed E-state index contributed by atoms with van der Waals surface area (Å²) >= 11 is 0. The number of phenols is 1. The van der Waals surface area contributed by atoms with Gasteiger partial charge in [0.15, 0.2) is 0 Å². The molecule has 1 saturated heterocycles. The highest BCUT2D eigenvalue weighted by atomic mass is 16.3. The summed E-state index contributed by atoms with van der Waals surface area (Å²) in [5.74, 6) is -1.10. The van der Waals surface area contributed by atoms with Crippen LogP contribution in [0.25, 0.3) is 0 Å². The van der Waals surface area contributed by atoms with E-state index in [1.807, 2.05) is 17.0 Å². The number of nitrogens with zero attached hydrogens (tertiary/aromatic N) is 4. The number of allylic oxidation sites excluding steroid dienone is 3. The van der Waals surface area contributed by atoms with Crippen molar-refractivity contribution < 1.29 is 19.5 Å². The maximum atomic E-state index is 12.7. The molecule has 0 aromatic heterocycles. The predicted molar refractivity (Wildman–Crippen MR) is 103 cm³/mol. The number of phenolic OH excluding ortho intramolecular Hbond substituents is 1. The van der Waals surface area contributed by atoms with Crippen molar-refractivity contribution >= 4 is 29.2 Å². The first-order chi connectivity index (χ1) is 13.5. The summed E-state index contributed by atoms with van der Waals surface area (Å²) in [7, 11) is 0. The van der Waals surface area contributed by atoms with Gasteiger partial charge < -0.3 is 14.9 Å². The molecule has 1 unspecified atom stereocenters. The molecule has 0 bridgehead atoms. The third-order valence-electron chi connectivity index (χ3n) is 5.14. The van der Waals surface area contributed by atoms with Crippen molar-refractivity contribution in [3.8, 4) is 5.75 Å². The van der Waals surface area contributed by atoms with Gasteiger partial charge in [0.25, 0.3) is 0 Å². The Kier molecular flexibility index (Phi) is 4.68. The molecular weight excluding hydrogens is 360 g/mol. The predicted octanol–water partition coefficient (Wildman–Crippen LogP) is 1.19. The highest BCUT2D eigenvalue weighted by Gasteiger charge is 2.37. The van der Waals surface area contributed by atoms with E-state index in [-0.39, 0.29) is 18.2 Å². The third-order valence-corrected chi connectivity index (χ3v) is 5.14. The highest BCUT2D eigenvalue weighted by Crippen LogP contribution is 2.27. The molecule has 1 N–H and O–H groups in total. The fourth-order valence-electron chi connectivity index (χ4n) is 3.59. The molecule has 144 valence electrons. The Labute approximate surface area is 162 Å². The number of hydrogen-bond donors (Lipinski definition) is 1.